The zero-order valence-corrected chi connectivity index (χ0v) is 15.7. The van der Waals surface area contributed by atoms with Gasteiger partial charge in [0.15, 0.2) is 5.76 Å². The SMILES string of the molecule is Cc1cc(C)c(NC(=O)Cn2nc(-c3ccco3)n(C3CC3)c2=O)c(C)c1. The quantitative estimate of drug-likeness (QED) is 0.752. The maximum Gasteiger partial charge on any atom is 0.347 e. The van der Waals surface area contributed by atoms with Crippen LogP contribution in [-0.4, -0.2) is 20.3 Å². The number of aryl methyl sites for hydroxylation is 3. The summed E-state index contributed by atoms with van der Waals surface area (Å²) in [5, 5.41) is 7.28. The van der Waals surface area contributed by atoms with Crippen molar-refractivity contribution in [3.63, 3.8) is 0 Å². The summed E-state index contributed by atoms with van der Waals surface area (Å²) in [4.78, 5) is 25.3. The van der Waals surface area contributed by atoms with Gasteiger partial charge in [-0.1, -0.05) is 17.7 Å². The van der Waals surface area contributed by atoms with Gasteiger partial charge in [-0.05, 0) is 56.9 Å². The highest BCUT2D eigenvalue weighted by Gasteiger charge is 2.31. The Bertz CT molecular complexity index is 1030. The van der Waals surface area contributed by atoms with Gasteiger partial charge >= 0.3 is 5.69 Å². The first-order chi connectivity index (χ1) is 12.9. The molecule has 4 rings (SSSR count). The molecule has 0 bridgehead atoms. The Morgan fingerprint density at radius 2 is 1.96 bits per heavy atom. The summed E-state index contributed by atoms with van der Waals surface area (Å²) in [5.74, 6) is 0.727. The number of anilines is 1. The van der Waals surface area contributed by atoms with E-state index in [0.29, 0.717) is 11.6 Å². The molecule has 1 N–H and O–H groups in total. The fourth-order valence-electron chi connectivity index (χ4n) is 3.45. The van der Waals surface area contributed by atoms with Crippen molar-refractivity contribution in [1.29, 1.82) is 0 Å². The van der Waals surface area contributed by atoms with Crippen molar-refractivity contribution >= 4 is 11.6 Å². The lowest BCUT2D eigenvalue weighted by molar-refractivity contribution is -0.117. The molecule has 1 aromatic carbocycles. The lowest BCUT2D eigenvalue weighted by atomic mass is 10.1. The highest BCUT2D eigenvalue weighted by Crippen LogP contribution is 2.36. The third kappa shape index (κ3) is 3.32. The molecule has 1 saturated carbocycles. The first kappa shape index (κ1) is 17.3. The zero-order chi connectivity index (χ0) is 19.1. The summed E-state index contributed by atoms with van der Waals surface area (Å²) in [5.41, 5.74) is 3.63. The molecule has 27 heavy (non-hydrogen) atoms. The normalized spacial score (nSPS) is 13.7. The predicted molar refractivity (Wildman–Crippen MR) is 102 cm³/mol. The van der Waals surface area contributed by atoms with Crippen LogP contribution >= 0.6 is 0 Å². The molecular weight excluding hydrogens is 344 g/mol. The van der Waals surface area contributed by atoms with Gasteiger partial charge in [0, 0.05) is 11.7 Å². The fourth-order valence-corrected chi connectivity index (χ4v) is 3.45. The number of aromatic nitrogens is 3. The topological polar surface area (TPSA) is 82.1 Å². The number of carbonyl (C=O) groups is 1. The van der Waals surface area contributed by atoms with Crippen molar-refractivity contribution < 1.29 is 9.21 Å². The molecule has 1 amide bonds. The van der Waals surface area contributed by atoms with Crippen LogP contribution in [0.3, 0.4) is 0 Å². The number of furan rings is 1. The van der Waals surface area contributed by atoms with E-state index in [-0.39, 0.29) is 24.2 Å². The van der Waals surface area contributed by atoms with Crippen LogP contribution in [0.2, 0.25) is 0 Å². The van der Waals surface area contributed by atoms with E-state index >= 15 is 0 Å². The van der Waals surface area contributed by atoms with Crippen molar-refractivity contribution in [3.05, 3.63) is 57.7 Å². The third-order valence-electron chi connectivity index (χ3n) is 4.76. The Morgan fingerprint density at radius 1 is 1.26 bits per heavy atom. The summed E-state index contributed by atoms with van der Waals surface area (Å²) in [7, 11) is 0. The standard InChI is InChI=1S/C20H22N4O3/c1-12-9-13(2)18(14(3)10-12)21-17(25)11-23-20(26)24(15-6-7-15)19(22-23)16-5-4-8-27-16/h4-5,8-10,15H,6-7,11H2,1-3H3,(H,21,25). The molecule has 3 aromatic rings. The number of rotatable bonds is 5. The Hall–Kier alpha value is -3.09. The van der Waals surface area contributed by atoms with E-state index in [1.807, 2.05) is 32.9 Å². The van der Waals surface area contributed by atoms with E-state index in [1.54, 1.807) is 23.0 Å². The van der Waals surface area contributed by atoms with Gasteiger partial charge in [-0.3, -0.25) is 9.36 Å². The number of nitrogens with zero attached hydrogens (tertiary/aromatic N) is 3. The summed E-state index contributed by atoms with van der Waals surface area (Å²) in [6.45, 7) is 5.79. The van der Waals surface area contributed by atoms with Crippen LogP contribution in [-0.2, 0) is 11.3 Å². The minimum absolute atomic E-state index is 0.135. The van der Waals surface area contributed by atoms with Crippen molar-refractivity contribution in [2.75, 3.05) is 5.32 Å². The Morgan fingerprint density at radius 3 is 2.56 bits per heavy atom. The van der Waals surface area contributed by atoms with E-state index in [4.69, 9.17) is 4.42 Å². The van der Waals surface area contributed by atoms with Crippen molar-refractivity contribution in [2.24, 2.45) is 0 Å². The molecule has 0 spiro atoms. The molecule has 1 aliphatic rings. The van der Waals surface area contributed by atoms with Crippen LogP contribution in [0.5, 0.6) is 0 Å². The number of hydrogen-bond donors (Lipinski definition) is 1. The first-order valence-electron chi connectivity index (χ1n) is 9.05. The smallest absolute Gasteiger partial charge is 0.347 e. The molecule has 1 aliphatic carbocycles. The monoisotopic (exact) mass is 366 g/mol. The largest absolute Gasteiger partial charge is 0.461 e. The van der Waals surface area contributed by atoms with E-state index in [1.165, 1.54) is 4.68 Å². The van der Waals surface area contributed by atoms with Crippen molar-refractivity contribution in [2.45, 2.75) is 46.2 Å². The van der Waals surface area contributed by atoms with Gasteiger partial charge in [-0.25, -0.2) is 9.48 Å². The molecule has 0 unspecified atom stereocenters. The molecule has 7 heteroatoms. The van der Waals surface area contributed by atoms with E-state index in [0.717, 1.165) is 35.2 Å². The van der Waals surface area contributed by atoms with Gasteiger partial charge in [0.1, 0.15) is 6.54 Å². The van der Waals surface area contributed by atoms with E-state index < -0.39 is 0 Å². The minimum Gasteiger partial charge on any atom is -0.461 e. The molecule has 2 heterocycles. The molecule has 140 valence electrons. The highest BCUT2D eigenvalue weighted by molar-refractivity contribution is 5.92. The van der Waals surface area contributed by atoms with Gasteiger partial charge in [-0.2, -0.15) is 0 Å². The average molecular weight is 366 g/mol. The van der Waals surface area contributed by atoms with Gasteiger partial charge < -0.3 is 9.73 Å². The number of nitrogens with one attached hydrogen (secondary N) is 1. The van der Waals surface area contributed by atoms with Crippen LogP contribution in [0, 0.1) is 20.8 Å². The lowest BCUT2D eigenvalue weighted by Gasteiger charge is -2.12. The summed E-state index contributed by atoms with van der Waals surface area (Å²) in [6.07, 6.45) is 3.42. The molecular formula is C20H22N4O3. The van der Waals surface area contributed by atoms with Crippen LogP contribution in [0.1, 0.15) is 35.6 Å². The molecule has 0 atom stereocenters. The fraction of sp³-hybridized carbons (Fsp3) is 0.350. The van der Waals surface area contributed by atoms with Crippen molar-refractivity contribution in [3.8, 4) is 11.6 Å². The molecule has 0 saturated heterocycles. The number of benzene rings is 1. The number of hydrogen-bond acceptors (Lipinski definition) is 4. The van der Waals surface area contributed by atoms with Crippen molar-refractivity contribution in [1.82, 2.24) is 14.3 Å². The Kier molecular flexibility index (Phi) is 4.22. The maximum absolute atomic E-state index is 12.8. The second kappa shape index (κ2) is 6.57. The van der Waals surface area contributed by atoms with Crippen LogP contribution < -0.4 is 11.0 Å². The minimum atomic E-state index is -0.281. The van der Waals surface area contributed by atoms with Crippen LogP contribution in [0.25, 0.3) is 11.6 Å². The van der Waals surface area contributed by atoms with Crippen LogP contribution in [0.4, 0.5) is 5.69 Å². The first-order valence-corrected chi connectivity index (χ1v) is 9.05. The second-order valence-corrected chi connectivity index (χ2v) is 7.16. The van der Waals surface area contributed by atoms with Gasteiger partial charge in [0.2, 0.25) is 11.7 Å². The summed E-state index contributed by atoms with van der Waals surface area (Å²) < 4.78 is 8.26. The maximum atomic E-state index is 12.8. The second-order valence-electron chi connectivity index (χ2n) is 7.16. The molecule has 0 aliphatic heterocycles. The lowest BCUT2D eigenvalue weighted by Crippen LogP contribution is -2.30. The molecule has 0 radical (unpaired) electrons. The predicted octanol–water partition coefficient (Wildman–Crippen LogP) is 3.20. The molecule has 1 fully saturated rings. The Labute approximate surface area is 156 Å². The van der Waals surface area contributed by atoms with E-state index in [9.17, 15) is 9.59 Å². The zero-order valence-electron chi connectivity index (χ0n) is 15.7. The third-order valence-corrected chi connectivity index (χ3v) is 4.76. The number of carbonyl (C=O) groups excluding carboxylic acids is 1. The molecule has 2 aromatic heterocycles. The van der Waals surface area contributed by atoms with Gasteiger partial charge in [0.05, 0.1) is 6.26 Å². The van der Waals surface area contributed by atoms with Gasteiger partial charge in [-0.15, -0.1) is 5.10 Å². The van der Waals surface area contributed by atoms with E-state index in [2.05, 4.69) is 10.4 Å². The Balaban J connectivity index is 1.61. The highest BCUT2D eigenvalue weighted by atomic mass is 16.3. The van der Waals surface area contributed by atoms with Gasteiger partial charge in [0.25, 0.3) is 0 Å². The summed E-state index contributed by atoms with van der Waals surface area (Å²) in [6, 6.07) is 7.70. The number of amides is 1. The average Bonchev–Trinajstić information content (AvgIpc) is 3.18. The summed E-state index contributed by atoms with van der Waals surface area (Å²) >= 11 is 0. The van der Waals surface area contributed by atoms with Crippen LogP contribution in [0.15, 0.2) is 39.7 Å². The molecule has 7 nitrogen and oxygen atoms in total.